The van der Waals surface area contributed by atoms with Gasteiger partial charge in [0.2, 0.25) is 11.7 Å². The average Bonchev–Trinajstić information content (AvgIpc) is 2.63. The largest absolute Gasteiger partial charge is 0.459 e. The second kappa shape index (κ2) is 10.9. The Bertz CT molecular complexity index is 641. The van der Waals surface area contributed by atoms with Gasteiger partial charge < -0.3 is 20.3 Å². The maximum absolute atomic E-state index is 12.3. The quantitative estimate of drug-likeness (QED) is 0.292. The number of Topliss-reactive ketones (excluding diaryl/α,β-unsaturated/α-hetero) is 1. The molecule has 0 aromatic heterocycles. The van der Waals surface area contributed by atoms with E-state index in [9.17, 15) is 14.4 Å². The lowest BCUT2D eigenvalue weighted by atomic mass is 10.1. The van der Waals surface area contributed by atoms with Gasteiger partial charge >= 0.3 is 12.2 Å². The molecule has 1 N–H and O–H groups in total. The number of nitrogens with zero attached hydrogens (tertiary/aromatic N) is 2. The van der Waals surface area contributed by atoms with Gasteiger partial charge in [0.1, 0.15) is 18.8 Å². The molecule has 1 rings (SSSR count). The molecule has 0 saturated carbocycles. The minimum absolute atomic E-state index is 0.0145. The van der Waals surface area contributed by atoms with Crippen LogP contribution in [-0.4, -0.2) is 47.9 Å². The molecule has 1 amide bonds. The summed E-state index contributed by atoms with van der Waals surface area (Å²) < 4.78 is 10.1. The Morgan fingerprint density at radius 3 is 2.56 bits per heavy atom. The van der Waals surface area contributed by atoms with Gasteiger partial charge in [-0.05, 0) is 18.9 Å². The Morgan fingerprint density at radius 2 is 1.96 bits per heavy atom. The fourth-order valence-corrected chi connectivity index (χ4v) is 1.89. The van der Waals surface area contributed by atoms with Crippen LogP contribution in [0.2, 0.25) is 0 Å². The molecular formula is C17H21N3O5. The molecule has 8 heteroatoms. The summed E-state index contributed by atoms with van der Waals surface area (Å²) in [5.41, 5.74) is 9.14. The number of hydrogen-bond donors (Lipinski definition) is 1. The van der Waals surface area contributed by atoms with Crippen molar-refractivity contribution in [2.75, 3.05) is 7.11 Å². The molecule has 2 atom stereocenters. The van der Waals surface area contributed by atoms with E-state index in [1.165, 1.54) is 14.0 Å². The van der Waals surface area contributed by atoms with Crippen molar-refractivity contribution in [1.82, 2.24) is 5.32 Å². The Balaban J connectivity index is 2.70. The van der Waals surface area contributed by atoms with Gasteiger partial charge in [0.25, 0.3) is 0 Å². The number of rotatable bonds is 10. The van der Waals surface area contributed by atoms with Gasteiger partial charge in [-0.2, -0.15) is 4.79 Å². The smallest absolute Gasteiger partial charge is 0.328 e. The van der Waals surface area contributed by atoms with Crippen LogP contribution in [0.4, 0.5) is 0 Å². The third-order valence-electron chi connectivity index (χ3n) is 3.43. The monoisotopic (exact) mass is 347 g/mol. The lowest BCUT2D eigenvalue weighted by Crippen LogP contribution is -2.46. The summed E-state index contributed by atoms with van der Waals surface area (Å²) in [6.07, 6.45) is -0.0807. The standard InChI is InChI=1S/C17H21N3O5/c1-12(24-2)16(22)20-15(9-8-14(21)10-19-18)17(23)25-11-13-6-4-3-5-7-13/h3-7,10,12,15H,8-9,11H2,1-2H3,(H,20,22)/t12-,15+/m1/s1. The van der Waals surface area contributed by atoms with Crippen molar-refractivity contribution in [1.29, 1.82) is 0 Å². The van der Waals surface area contributed by atoms with Gasteiger partial charge in [-0.3, -0.25) is 9.59 Å². The molecule has 1 aromatic rings. The Hall–Kier alpha value is -2.83. The van der Waals surface area contributed by atoms with Crippen molar-refractivity contribution in [2.45, 2.75) is 38.5 Å². The number of nitrogens with one attached hydrogen (secondary N) is 1. The van der Waals surface area contributed by atoms with Crippen molar-refractivity contribution in [3.05, 3.63) is 41.4 Å². The zero-order valence-electron chi connectivity index (χ0n) is 14.2. The summed E-state index contributed by atoms with van der Waals surface area (Å²) in [6, 6.07) is 8.06. The maximum atomic E-state index is 12.3. The molecular weight excluding hydrogens is 326 g/mol. The summed E-state index contributed by atoms with van der Waals surface area (Å²) >= 11 is 0. The molecule has 25 heavy (non-hydrogen) atoms. The molecule has 8 nitrogen and oxygen atoms in total. The van der Waals surface area contributed by atoms with Crippen molar-refractivity contribution in [3.8, 4) is 0 Å². The Kier molecular flexibility index (Phi) is 8.78. The van der Waals surface area contributed by atoms with Crippen LogP contribution < -0.4 is 5.32 Å². The Labute approximate surface area is 145 Å². The number of esters is 1. The number of hydrogen-bond acceptors (Lipinski definition) is 5. The molecule has 0 heterocycles. The molecule has 134 valence electrons. The summed E-state index contributed by atoms with van der Waals surface area (Å²) in [5, 5.41) is 2.50. The molecule has 0 radical (unpaired) electrons. The maximum Gasteiger partial charge on any atom is 0.328 e. The number of benzene rings is 1. The van der Waals surface area contributed by atoms with Gasteiger partial charge in [-0.15, -0.1) is 0 Å². The minimum atomic E-state index is -1.01. The van der Waals surface area contributed by atoms with Gasteiger partial charge in [-0.25, -0.2) is 4.79 Å². The van der Waals surface area contributed by atoms with Crippen LogP contribution in [0, 0.1) is 0 Å². The van der Waals surface area contributed by atoms with Crippen LogP contribution in [0.25, 0.3) is 5.53 Å². The van der Waals surface area contributed by atoms with Crippen molar-refractivity contribution < 1.29 is 28.6 Å². The lowest BCUT2D eigenvalue weighted by Gasteiger charge is -2.19. The van der Waals surface area contributed by atoms with E-state index in [1.54, 1.807) is 12.1 Å². The molecule has 0 aliphatic rings. The van der Waals surface area contributed by atoms with Crippen LogP contribution in [0.5, 0.6) is 0 Å². The molecule has 0 fully saturated rings. The number of methoxy groups -OCH3 is 1. The first kappa shape index (κ1) is 20.2. The van der Waals surface area contributed by atoms with E-state index >= 15 is 0 Å². The summed E-state index contributed by atoms with van der Waals surface area (Å²) in [5.74, 6) is -1.63. The van der Waals surface area contributed by atoms with Crippen LogP contribution in [0.1, 0.15) is 25.3 Å². The number of amides is 1. The number of ether oxygens (including phenoxy) is 2. The highest BCUT2D eigenvalue weighted by molar-refractivity contribution is 6.25. The zero-order valence-corrected chi connectivity index (χ0v) is 14.2. The van der Waals surface area contributed by atoms with E-state index in [4.69, 9.17) is 15.0 Å². The highest BCUT2D eigenvalue weighted by Gasteiger charge is 2.25. The molecule has 1 aromatic carbocycles. The summed E-state index contributed by atoms with van der Waals surface area (Å²) in [4.78, 5) is 38.3. The molecule has 0 saturated heterocycles. The summed E-state index contributed by atoms with van der Waals surface area (Å²) in [6.45, 7) is 1.59. The highest BCUT2D eigenvalue weighted by atomic mass is 16.5. The molecule has 0 aliphatic heterocycles. The predicted molar refractivity (Wildman–Crippen MR) is 88.6 cm³/mol. The molecule has 0 aliphatic carbocycles. The normalized spacial score (nSPS) is 12.4. The van der Waals surface area contributed by atoms with E-state index in [0.29, 0.717) is 0 Å². The van der Waals surface area contributed by atoms with Gasteiger partial charge in [0, 0.05) is 13.5 Å². The van der Waals surface area contributed by atoms with Crippen LogP contribution in [0.3, 0.4) is 0 Å². The van der Waals surface area contributed by atoms with E-state index in [-0.39, 0.29) is 19.4 Å². The van der Waals surface area contributed by atoms with E-state index < -0.39 is 29.8 Å². The van der Waals surface area contributed by atoms with E-state index in [2.05, 4.69) is 10.1 Å². The van der Waals surface area contributed by atoms with Crippen molar-refractivity contribution in [2.24, 2.45) is 0 Å². The van der Waals surface area contributed by atoms with Crippen LogP contribution in [-0.2, 0) is 30.5 Å². The summed E-state index contributed by atoms with van der Waals surface area (Å²) in [7, 11) is 1.37. The number of carbonyl (C=O) groups is 3. The first-order valence-electron chi connectivity index (χ1n) is 7.72. The highest BCUT2D eigenvalue weighted by Crippen LogP contribution is 2.06. The second-order valence-corrected chi connectivity index (χ2v) is 5.28. The van der Waals surface area contributed by atoms with Crippen LogP contribution >= 0.6 is 0 Å². The fraction of sp³-hybridized carbons (Fsp3) is 0.412. The van der Waals surface area contributed by atoms with Crippen molar-refractivity contribution >= 4 is 23.9 Å². The van der Waals surface area contributed by atoms with Gasteiger partial charge in [0.05, 0.1) is 0 Å². The Morgan fingerprint density at radius 1 is 1.28 bits per heavy atom. The third kappa shape index (κ3) is 7.52. The topological polar surface area (TPSA) is 118 Å². The first-order chi connectivity index (χ1) is 12.0. The van der Waals surface area contributed by atoms with Crippen molar-refractivity contribution in [3.63, 3.8) is 0 Å². The fourth-order valence-electron chi connectivity index (χ4n) is 1.89. The SMILES string of the molecule is CO[C@H](C)C(=O)N[C@@H](CCC(=O)C=[N+]=[N-])C(=O)OCc1ccccc1. The van der Waals surface area contributed by atoms with E-state index in [1.807, 2.05) is 18.2 Å². The second-order valence-electron chi connectivity index (χ2n) is 5.28. The van der Waals surface area contributed by atoms with Gasteiger partial charge in [-0.1, -0.05) is 30.3 Å². The van der Waals surface area contributed by atoms with E-state index in [0.717, 1.165) is 11.8 Å². The molecule has 0 unspecified atom stereocenters. The number of carbonyl (C=O) groups excluding carboxylic acids is 3. The third-order valence-corrected chi connectivity index (χ3v) is 3.43. The predicted octanol–water partition coefficient (Wildman–Crippen LogP) is 0.899. The minimum Gasteiger partial charge on any atom is -0.459 e. The zero-order chi connectivity index (χ0) is 18.7. The van der Waals surface area contributed by atoms with Gasteiger partial charge in [0.15, 0.2) is 0 Å². The van der Waals surface area contributed by atoms with Crippen LogP contribution in [0.15, 0.2) is 30.3 Å². The first-order valence-corrected chi connectivity index (χ1v) is 7.72. The average molecular weight is 347 g/mol. The lowest BCUT2D eigenvalue weighted by molar-refractivity contribution is -0.150. The number of ketones is 1. The molecule has 0 spiro atoms. The molecule has 0 bridgehead atoms.